The van der Waals surface area contributed by atoms with Gasteiger partial charge in [0.05, 0.1) is 14.2 Å². The highest BCUT2D eigenvalue weighted by Crippen LogP contribution is 2.30. The summed E-state index contributed by atoms with van der Waals surface area (Å²) >= 11 is 5.91. The molecule has 0 radical (unpaired) electrons. The first-order chi connectivity index (χ1) is 9.26. The zero-order chi connectivity index (χ0) is 13.7. The van der Waals surface area contributed by atoms with Crippen LogP contribution in [0.25, 0.3) is 0 Å². The molecule has 2 rings (SSSR count). The second-order valence-electron chi connectivity index (χ2n) is 3.57. The maximum atomic E-state index is 5.91. The molecule has 2 aromatic heterocycles. The standard InChI is InChI=1S/C13H13ClN2O3/c1-17-10-5-7-15-9(12(10)18-2)8-19-11-4-3-6-16-13(11)14/h3-7H,8H2,1-2H3. The number of hydrogen-bond acceptors (Lipinski definition) is 5. The Balaban J connectivity index is 2.18. The lowest BCUT2D eigenvalue weighted by molar-refractivity contribution is 0.284. The zero-order valence-electron chi connectivity index (χ0n) is 10.6. The van der Waals surface area contributed by atoms with Crippen molar-refractivity contribution in [2.75, 3.05) is 14.2 Å². The third kappa shape index (κ3) is 3.06. The molecule has 0 saturated carbocycles. The lowest BCUT2D eigenvalue weighted by atomic mass is 10.3. The largest absolute Gasteiger partial charge is 0.493 e. The van der Waals surface area contributed by atoms with Crippen molar-refractivity contribution in [1.29, 1.82) is 0 Å². The van der Waals surface area contributed by atoms with E-state index < -0.39 is 0 Å². The molecule has 0 amide bonds. The second-order valence-corrected chi connectivity index (χ2v) is 3.93. The molecule has 0 aliphatic rings. The lowest BCUT2D eigenvalue weighted by Crippen LogP contribution is -2.03. The van der Waals surface area contributed by atoms with E-state index in [-0.39, 0.29) is 6.61 Å². The molecule has 0 atom stereocenters. The molecule has 0 saturated heterocycles. The molecule has 100 valence electrons. The van der Waals surface area contributed by atoms with Crippen LogP contribution >= 0.6 is 11.6 Å². The Hall–Kier alpha value is -2.01. The molecule has 19 heavy (non-hydrogen) atoms. The van der Waals surface area contributed by atoms with Gasteiger partial charge < -0.3 is 14.2 Å². The van der Waals surface area contributed by atoms with Crippen LogP contribution in [-0.4, -0.2) is 24.2 Å². The van der Waals surface area contributed by atoms with Gasteiger partial charge in [-0.2, -0.15) is 0 Å². The third-order valence-corrected chi connectivity index (χ3v) is 2.74. The smallest absolute Gasteiger partial charge is 0.185 e. The predicted octanol–water partition coefficient (Wildman–Crippen LogP) is 2.73. The van der Waals surface area contributed by atoms with Gasteiger partial charge in [-0.05, 0) is 12.1 Å². The van der Waals surface area contributed by atoms with Crippen LogP contribution in [0.1, 0.15) is 5.69 Å². The second kappa shape index (κ2) is 6.24. The van der Waals surface area contributed by atoms with Crippen LogP contribution in [0.4, 0.5) is 0 Å². The number of pyridine rings is 2. The van der Waals surface area contributed by atoms with E-state index in [1.165, 1.54) is 0 Å². The van der Waals surface area contributed by atoms with E-state index in [4.69, 9.17) is 25.8 Å². The number of ether oxygens (including phenoxy) is 3. The molecule has 0 aromatic carbocycles. The van der Waals surface area contributed by atoms with Crippen molar-refractivity contribution in [3.05, 3.63) is 41.4 Å². The van der Waals surface area contributed by atoms with Crippen LogP contribution in [-0.2, 0) is 6.61 Å². The molecule has 0 aliphatic heterocycles. The highest BCUT2D eigenvalue weighted by molar-refractivity contribution is 6.30. The van der Waals surface area contributed by atoms with Gasteiger partial charge in [0.1, 0.15) is 12.3 Å². The minimum atomic E-state index is 0.214. The first-order valence-corrected chi connectivity index (χ1v) is 5.93. The molecule has 0 N–H and O–H groups in total. The van der Waals surface area contributed by atoms with Crippen LogP contribution in [0.2, 0.25) is 5.15 Å². The van der Waals surface area contributed by atoms with Gasteiger partial charge in [-0.15, -0.1) is 0 Å². The number of hydrogen-bond donors (Lipinski definition) is 0. The number of aromatic nitrogens is 2. The molecule has 0 aliphatic carbocycles. The Morgan fingerprint density at radius 3 is 2.58 bits per heavy atom. The van der Waals surface area contributed by atoms with Crippen LogP contribution in [0.3, 0.4) is 0 Å². The summed E-state index contributed by atoms with van der Waals surface area (Å²) in [5.41, 5.74) is 0.627. The number of halogens is 1. The van der Waals surface area contributed by atoms with E-state index in [2.05, 4.69) is 9.97 Å². The summed E-state index contributed by atoms with van der Waals surface area (Å²) in [7, 11) is 3.13. The summed E-state index contributed by atoms with van der Waals surface area (Å²) in [6.45, 7) is 0.214. The minimum absolute atomic E-state index is 0.214. The van der Waals surface area contributed by atoms with Crippen molar-refractivity contribution >= 4 is 11.6 Å². The van der Waals surface area contributed by atoms with Crippen molar-refractivity contribution in [2.45, 2.75) is 6.61 Å². The van der Waals surface area contributed by atoms with E-state index in [9.17, 15) is 0 Å². The summed E-state index contributed by atoms with van der Waals surface area (Å²) in [4.78, 5) is 8.14. The van der Waals surface area contributed by atoms with Gasteiger partial charge in [0.2, 0.25) is 0 Å². The van der Waals surface area contributed by atoms with Gasteiger partial charge in [-0.25, -0.2) is 4.98 Å². The first-order valence-electron chi connectivity index (χ1n) is 5.55. The van der Waals surface area contributed by atoms with E-state index in [0.717, 1.165) is 0 Å². The Labute approximate surface area is 116 Å². The van der Waals surface area contributed by atoms with Gasteiger partial charge in [-0.1, -0.05) is 11.6 Å². The maximum absolute atomic E-state index is 5.91. The van der Waals surface area contributed by atoms with E-state index in [1.807, 2.05) is 0 Å². The van der Waals surface area contributed by atoms with Gasteiger partial charge in [0.15, 0.2) is 22.4 Å². The van der Waals surface area contributed by atoms with Crippen LogP contribution in [0, 0.1) is 0 Å². The molecule has 2 aromatic rings. The average molecular weight is 281 g/mol. The molecule has 0 spiro atoms. The topological polar surface area (TPSA) is 53.5 Å². The summed E-state index contributed by atoms with van der Waals surface area (Å²) in [6.07, 6.45) is 3.23. The van der Waals surface area contributed by atoms with Crippen molar-refractivity contribution in [3.63, 3.8) is 0 Å². The highest BCUT2D eigenvalue weighted by Gasteiger charge is 2.12. The van der Waals surface area contributed by atoms with Gasteiger partial charge in [-0.3, -0.25) is 4.98 Å². The molecule has 0 unspecified atom stereocenters. The molecular formula is C13H13ClN2O3. The minimum Gasteiger partial charge on any atom is -0.493 e. The fraction of sp³-hybridized carbons (Fsp3) is 0.231. The summed E-state index contributed by atoms with van der Waals surface area (Å²) < 4.78 is 16.0. The fourth-order valence-electron chi connectivity index (χ4n) is 1.58. The molecule has 0 fully saturated rings. The van der Waals surface area contributed by atoms with Gasteiger partial charge in [0, 0.05) is 18.5 Å². The maximum Gasteiger partial charge on any atom is 0.185 e. The normalized spacial score (nSPS) is 10.1. The van der Waals surface area contributed by atoms with E-state index in [0.29, 0.717) is 28.1 Å². The van der Waals surface area contributed by atoms with E-state index >= 15 is 0 Å². The zero-order valence-corrected chi connectivity index (χ0v) is 11.3. The SMILES string of the molecule is COc1ccnc(COc2cccnc2Cl)c1OC. The molecule has 6 heteroatoms. The van der Waals surface area contributed by atoms with Crippen molar-refractivity contribution in [2.24, 2.45) is 0 Å². The third-order valence-electron chi connectivity index (χ3n) is 2.46. The monoisotopic (exact) mass is 280 g/mol. The molecular weight excluding hydrogens is 268 g/mol. The first kappa shape index (κ1) is 13.4. The molecule has 5 nitrogen and oxygen atoms in total. The summed E-state index contributed by atoms with van der Waals surface area (Å²) in [5, 5.41) is 0.310. The Bertz CT molecular complexity index is 563. The Kier molecular flexibility index (Phi) is 4.41. The quantitative estimate of drug-likeness (QED) is 0.788. The average Bonchev–Trinajstić information content (AvgIpc) is 2.45. The molecule has 0 bridgehead atoms. The Morgan fingerprint density at radius 2 is 1.89 bits per heavy atom. The number of methoxy groups -OCH3 is 2. The van der Waals surface area contributed by atoms with Crippen molar-refractivity contribution < 1.29 is 14.2 Å². The fourth-order valence-corrected chi connectivity index (χ4v) is 1.75. The van der Waals surface area contributed by atoms with Crippen molar-refractivity contribution in [1.82, 2.24) is 9.97 Å². The predicted molar refractivity (Wildman–Crippen MR) is 70.9 cm³/mol. The summed E-state index contributed by atoms with van der Waals surface area (Å²) in [5.74, 6) is 1.65. The van der Waals surface area contributed by atoms with Crippen molar-refractivity contribution in [3.8, 4) is 17.2 Å². The summed E-state index contributed by atoms with van der Waals surface area (Å²) in [6, 6.07) is 5.21. The van der Waals surface area contributed by atoms with Crippen LogP contribution < -0.4 is 14.2 Å². The van der Waals surface area contributed by atoms with Gasteiger partial charge in [0.25, 0.3) is 0 Å². The number of nitrogens with zero attached hydrogens (tertiary/aromatic N) is 2. The van der Waals surface area contributed by atoms with Crippen LogP contribution in [0.15, 0.2) is 30.6 Å². The van der Waals surface area contributed by atoms with E-state index in [1.54, 1.807) is 44.8 Å². The molecule has 2 heterocycles. The lowest BCUT2D eigenvalue weighted by Gasteiger charge is -2.12. The number of rotatable bonds is 5. The van der Waals surface area contributed by atoms with Crippen LogP contribution in [0.5, 0.6) is 17.2 Å². The highest BCUT2D eigenvalue weighted by atomic mass is 35.5. The van der Waals surface area contributed by atoms with Gasteiger partial charge >= 0.3 is 0 Å². The Morgan fingerprint density at radius 1 is 1.05 bits per heavy atom.